The van der Waals surface area contributed by atoms with Gasteiger partial charge in [-0.2, -0.15) is 0 Å². The summed E-state index contributed by atoms with van der Waals surface area (Å²) in [6.45, 7) is 5.81. The van der Waals surface area contributed by atoms with E-state index in [2.05, 4.69) is 5.32 Å². The predicted molar refractivity (Wildman–Crippen MR) is 126 cm³/mol. The van der Waals surface area contributed by atoms with Crippen LogP contribution in [0, 0.1) is 0 Å². The Labute approximate surface area is 194 Å². The fourth-order valence-electron chi connectivity index (χ4n) is 3.01. The first-order valence-corrected chi connectivity index (χ1v) is 10.8. The van der Waals surface area contributed by atoms with Crippen molar-refractivity contribution in [1.29, 1.82) is 0 Å². The average molecular weight is 448 g/mol. The van der Waals surface area contributed by atoms with E-state index in [0.29, 0.717) is 17.9 Å². The standard InChI is InChI=1S/C27H29NO5/c1-27(2,3)33-26(30)28-24(25(29)32-19-21-12-8-5-9-13-21)22-14-16-23(17-15-22)31-18-20-10-6-4-7-11-20/h4-17,24H,18-19H2,1-3H3,(H,28,30). The number of ether oxygens (including phenoxy) is 3. The summed E-state index contributed by atoms with van der Waals surface area (Å²) in [5, 5.41) is 2.63. The lowest BCUT2D eigenvalue weighted by Gasteiger charge is -2.23. The lowest BCUT2D eigenvalue weighted by atomic mass is 10.1. The number of carbonyl (C=O) groups is 2. The van der Waals surface area contributed by atoms with E-state index in [1.165, 1.54) is 0 Å². The van der Waals surface area contributed by atoms with E-state index >= 15 is 0 Å². The molecule has 3 aromatic rings. The van der Waals surface area contributed by atoms with Gasteiger partial charge in [0, 0.05) is 0 Å². The van der Waals surface area contributed by atoms with Gasteiger partial charge in [0.05, 0.1) is 0 Å². The second-order valence-electron chi connectivity index (χ2n) is 8.52. The van der Waals surface area contributed by atoms with Crippen molar-refractivity contribution in [2.75, 3.05) is 0 Å². The van der Waals surface area contributed by atoms with Crippen LogP contribution in [0.1, 0.15) is 43.5 Å². The lowest BCUT2D eigenvalue weighted by molar-refractivity contribution is -0.147. The van der Waals surface area contributed by atoms with Gasteiger partial charge < -0.3 is 19.5 Å². The summed E-state index contributed by atoms with van der Waals surface area (Å²) in [5.41, 5.74) is 1.77. The molecule has 33 heavy (non-hydrogen) atoms. The molecule has 0 saturated heterocycles. The molecule has 0 spiro atoms. The summed E-state index contributed by atoms with van der Waals surface area (Å²) in [6, 6.07) is 25.1. The van der Waals surface area contributed by atoms with Crippen LogP contribution in [-0.2, 0) is 27.5 Å². The smallest absolute Gasteiger partial charge is 0.408 e. The molecule has 0 aliphatic carbocycles. The van der Waals surface area contributed by atoms with Gasteiger partial charge in [-0.25, -0.2) is 9.59 Å². The Balaban J connectivity index is 1.70. The van der Waals surface area contributed by atoms with Crippen LogP contribution in [0.2, 0.25) is 0 Å². The van der Waals surface area contributed by atoms with Gasteiger partial charge in [-0.05, 0) is 49.6 Å². The summed E-state index contributed by atoms with van der Waals surface area (Å²) in [7, 11) is 0. The van der Waals surface area contributed by atoms with E-state index in [1.54, 1.807) is 45.0 Å². The van der Waals surface area contributed by atoms with Crippen LogP contribution in [0.5, 0.6) is 5.75 Å². The third-order valence-electron chi connectivity index (χ3n) is 4.58. The largest absolute Gasteiger partial charge is 0.489 e. The van der Waals surface area contributed by atoms with Crippen LogP contribution >= 0.6 is 0 Å². The first-order chi connectivity index (χ1) is 15.8. The summed E-state index contributed by atoms with van der Waals surface area (Å²) in [6.07, 6.45) is -0.700. The summed E-state index contributed by atoms with van der Waals surface area (Å²) in [5.74, 6) is 0.0685. The molecule has 3 aromatic carbocycles. The zero-order valence-electron chi connectivity index (χ0n) is 19.1. The molecule has 172 valence electrons. The van der Waals surface area contributed by atoms with Gasteiger partial charge in [-0.1, -0.05) is 72.8 Å². The van der Waals surface area contributed by atoms with Gasteiger partial charge in [0.15, 0.2) is 6.04 Å². The van der Waals surface area contributed by atoms with Gasteiger partial charge >= 0.3 is 12.1 Å². The van der Waals surface area contributed by atoms with Gasteiger partial charge in [-0.15, -0.1) is 0 Å². The number of nitrogens with one attached hydrogen (secondary N) is 1. The van der Waals surface area contributed by atoms with Gasteiger partial charge in [0.2, 0.25) is 0 Å². The Hall–Kier alpha value is -3.80. The minimum atomic E-state index is -1.02. The Kier molecular flexibility index (Phi) is 8.08. The normalized spacial score (nSPS) is 11.8. The Morgan fingerprint density at radius 2 is 1.33 bits per heavy atom. The molecular weight excluding hydrogens is 418 g/mol. The SMILES string of the molecule is CC(C)(C)OC(=O)NC(C(=O)OCc1ccccc1)c1ccc(OCc2ccccc2)cc1. The van der Waals surface area contributed by atoms with Crippen LogP contribution < -0.4 is 10.1 Å². The van der Waals surface area contributed by atoms with Crippen molar-refractivity contribution in [3.8, 4) is 5.75 Å². The van der Waals surface area contributed by atoms with E-state index < -0.39 is 23.7 Å². The van der Waals surface area contributed by atoms with E-state index in [0.717, 1.165) is 11.1 Å². The van der Waals surface area contributed by atoms with E-state index in [1.807, 2.05) is 60.7 Å². The molecule has 1 unspecified atom stereocenters. The molecule has 6 heteroatoms. The highest BCUT2D eigenvalue weighted by atomic mass is 16.6. The maximum Gasteiger partial charge on any atom is 0.408 e. The second kappa shape index (κ2) is 11.2. The van der Waals surface area contributed by atoms with Crippen molar-refractivity contribution in [1.82, 2.24) is 5.32 Å². The maximum absolute atomic E-state index is 12.9. The number of hydrogen-bond acceptors (Lipinski definition) is 5. The van der Waals surface area contributed by atoms with Crippen LogP contribution in [0.25, 0.3) is 0 Å². The van der Waals surface area contributed by atoms with Crippen molar-refractivity contribution in [3.05, 3.63) is 102 Å². The summed E-state index contributed by atoms with van der Waals surface area (Å²) in [4.78, 5) is 25.3. The number of alkyl carbamates (subject to hydrolysis) is 1. The zero-order chi connectivity index (χ0) is 23.7. The number of rotatable bonds is 8. The Morgan fingerprint density at radius 1 is 0.788 bits per heavy atom. The fraction of sp³-hybridized carbons (Fsp3) is 0.259. The minimum absolute atomic E-state index is 0.102. The molecule has 1 amide bonds. The number of hydrogen-bond donors (Lipinski definition) is 1. The molecule has 1 atom stereocenters. The first-order valence-electron chi connectivity index (χ1n) is 10.8. The molecule has 0 radical (unpaired) electrons. The molecule has 0 saturated carbocycles. The summed E-state index contributed by atoms with van der Waals surface area (Å²) >= 11 is 0. The number of benzene rings is 3. The van der Waals surface area contributed by atoms with Crippen LogP contribution in [0.15, 0.2) is 84.9 Å². The molecule has 0 aromatic heterocycles. The molecule has 0 heterocycles. The van der Waals surface area contributed by atoms with Gasteiger partial charge in [-0.3, -0.25) is 0 Å². The van der Waals surface area contributed by atoms with Crippen molar-refractivity contribution in [2.24, 2.45) is 0 Å². The third-order valence-corrected chi connectivity index (χ3v) is 4.58. The molecule has 0 aliphatic rings. The Bertz CT molecular complexity index is 1030. The zero-order valence-corrected chi connectivity index (χ0v) is 19.1. The Morgan fingerprint density at radius 3 is 1.88 bits per heavy atom. The highest BCUT2D eigenvalue weighted by Gasteiger charge is 2.27. The van der Waals surface area contributed by atoms with Crippen LogP contribution in [-0.4, -0.2) is 17.7 Å². The number of amides is 1. The first kappa shape index (κ1) is 23.9. The highest BCUT2D eigenvalue weighted by molar-refractivity contribution is 5.83. The summed E-state index contributed by atoms with van der Waals surface area (Å²) < 4.78 is 16.6. The molecular formula is C27H29NO5. The molecule has 0 aliphatic heterocycles. The molecule has 1 N–H and O–H groups in total. The van der Waals surface area contributed by atoms with E-state index in [-0.39, 0.29) is 6.61 Å². The molecule has 3 rings (SSSR count). The van der Waals surface area contributed by atoms with Crippen molar-refractivity contribution in [2.45, 2.75) is 45.6 Å². The monoisotopic (exact) mass is 447 g/mol. The van der Waals surface area contributed by atoms with Crippen molar-refractivity contribution >= 4 is 12.1 Å². The number of carbonyl (C=O) groups excluding carboxylic acids is 2. The van der Waals surface area contributed by atoms with Crippen LogP contribution in [0.3, 0.4) is 0 Å². The predicted octanol–water partition coefficient (Wildman–Crippen LogP) is 5.57. The van der Waals surface area contributed by atoms with Crippen molar-refractivity contribution < 1.29 is 23.8 Å². The molecule has 0 bridgehead atoms. The average Bonchev–Trinajstić information content (AvgIpc) is 2.80. The quantitative estimate of drug-likeness (QED) is 0.457. The minimum Gasteiger partial charge on any atom is -0.489 e. The molecule has 6 nitrogen and oxygen atoms in total. The van der Waals surface area contributed by atoms with Crippen molar-refractivity contribution in [3.63, 3.8) is 0 Å². The maximum atomic E-state index is 12.9. The second-order valence-corrected chi connectivity index (χ2v) is 8.52. The third kappa shape index (κ3) is 8.00. The topological polar surface area (TPSA) is 73.9 Å². The fourth-order valence-corrected chi connectivity index (χ4v) is 3.01. The lowest BCUT2D eigenvalue weighted by Crippen LogP contribution is -2.38. The highest BCUT2D eigenvalue weighted by Crippen LogP contribution is 2.21. The van der Waals surface area contributed by atoms with Gasteiger partial charge in [0.1, 0.15) is 24.6 Å². The van der Waals surface area contributed by atoms with E-state index in [9.17, 15) is 9.59 Å². The number of esters is 1. The van der Waals surface area contributed by atoms with E-state index in [4.69, 9.17) is 14.2 Å². The molecule has 0 fully saturated rings. The van der Waals surface area contributed by atoms with Crippen LogP contribution in [0.4, 0.5) is 4.79 Å². The van der Waals surface area contributed by atoms with Gasteiger partial charge in [0.25, 0.3) is 0 Å².